The van der Waals surface area contributed by atoms with Gasteiger partial charge in [0.1, 0.15) is 5.82 Å². The molecule has 2 rings (SSSR count). The molecule has 0 spiro atoms. The number of aliphatic hydroxyl groups is 1. The zero-order valence-corrected chi connectivity index (χ0v) is 12.5. The Labute approximate surface area is 120 Å². The maximum Gasteiger partial charge on any atom is 0.239 e. The molecule has 0 saturated carbocycles. The van der Waals surface area contributed by atoms with E-state index in [1.165, 1.54) is 0 Å². The van der Waals surface area contributed by atoms with Crippen molar-refractivity contribution >= 4 is 11.5 Å². The Morgan fingerprint density at radius 1 is 1.50 bits per heavy atom. The normalized spacial score (nSPS) is 22.6. The number of hydrogen-bond acceptors (Lipinski definition) is 5. The molecule has 1 aromatic rings. The summed E-state index contributed by atoms with van der Waals surface area (Å²) in [6.45, 7) is 7.99. The van der Waals surface area contributed by atoms with Crippen molar-refractivity contribution in [3.63, 3.8) is 0 Å². The summed E-state index contributed by atoms with van der Waals surface area (Å²) in [5.74, 6) is 2.23. The van der Waals surface area contributed by atoms with Gasteiger partial charge in [0.05, 0.1) is 24.9 Å². The zero-order chi connectivity index (χ0) is 14.7. The molecule has 1 saturated heterocycles. The first-order valence-electron chi connectivity index (χ1n) is 7.29. The van der Waals surface area contributed by atoms with Crippen LogP contribution in [0.3, 0.4) is 0 Å². The quantitative estimate of drug-likeness (QED) is 0.861. The van der Waals surface area contributed by atoms with Crippen LogP contribution in [-0.4, -0.2) is 35.9 Å². The molecule has 1 aromatic heterocycles. The molecular weight excluding hydrogens is 254 g/mol. The fraction of sp³-hybridized carbons (Fsp3) is 0.667. The van der Waals surface area contributed by atoms with Crippen molar-refractivity contribution in [2.24, 2.45) is 11.8 Å². The molecule has 2 unspecified atom stereocenters. The average Bonchev–Trinajstić information content (AvgIpc) is 2.78. The molecule has 0 bridgehead atoms. The van der Waals surface area contributed by atoms with Gasteiger partial charge in [0, 0.05) is 6.54 Å². The van der Waals surface area contributed by atoms with E-state index in [-0.39, 0.29) is 12.6 Å². The van der Waals surface area contributed by atoms with Crippen LogP contribution >= 0.6 is 0 Å². The molecule has 2 heterocycles. The van der Waals surface area contributed by atoms with Crippen LogP contribution in [0.1, 0.15) is 27.2 Å². The third kappa shape index (κ3) is 3.15. The molecule has 5 nitrogen and oxygen atoms in total. The molecule has 5 heteroatoms. The minimum absolute atomic E-state index is 0.129. The van der Waals surface area contributed by atoms with E-state index in [9.17, 15) is 5.11 Å². The summed E-state index contributed by atoms with van der Waals surface area (Å²) < 4.78 is 5.67. The highest BCUT2D eigenvalue weighted by atomic mass is 16.5. The largest absolute Gasteiger partial charge is 0.476 e. The smallest absolute Gasteiger partial charge is 0.239 e. The molecule has 20 heavy (non-hydrogen) atoms. The third-order valence-corrected chi connectivity index (χ3v) is 3.79. The van der Waals surface area contributed by atoms with Gasteiger partial charge in [0.15, 0.2) is 0 Å². The van der Waals surface area contributed by atoms with Gasteiger partial charge in [-0.1, -0.05) is 20.8 Å². The maximum atomic E-state index is 9.54. The van der Waals surface area contributed by atoms with Gasteiger partial charge >= 0.3 is 0 Å². The fourth-order valence-electron chi connectivity index (χ4n) is 2.53. The van der Waals surface area contributed by atoms with Gasteiger partial charge in [-0.2, -0.15) is 4.98 Å². The average molecular weight is 279 g/mol. The van der Waals surface area contributed by atoms with Gasteiger partial charge in [-0.25, -0.2) is 0 Å². The highest BCUT2D eigenvalue weighted by Gasteiger charge is 2.31. The number of anilines is 2. The summed E-state index contributed by atoms with van der Waals surface area (Å²) in [6, 6.07) is 3.86. The second-order valence-corrected chi connectivity index (χ2v) is 5.98. The molecular formula is C15H25N3O2. The molecule has 0 aromatic carbocycles. The highest BCUT2D eigenvalue weighted by Crippen LogP contribution is 2.31. The molecule has 0 radical (unpaired) electrons. The molecule has 2 atom stereocenters. The van der Waals surface area contributed by atoms with Crippen LogP contribution in [-0.2, 0) is 0 Å². The van der Waals surface area contributed by atoms with Crippen LogP contribution in [0.2, 0.25) is 0 Å². The van der Waals surface area contributed by atoms with Crippen molar-refractivity contribution in [1.82, 2.24) is 4.98 Å². The van der Waals surface area contributed by atoms with Gasteiger partial charge in [0.2, 0.25) is 5.88 Å². The first-order valence-corrected chi connectivity index (χ1v) is 7.29. The second-order valence-electron chi connectivity index (χ2n) is 5.98. The number of nitrogen functional groups attached to an aromatic ring is 1. The molecule has 3 N–H and O–H groups in total. The van der Waals surface area contributed by atoms with Crippen LogP contribution in [0.4, 0.5) is 11.5 Å². The Kier molecular flexibility index (Phi) is 4.70. The van der Waals surface area contributed by atoms with E-state index in [1.54, 1.807) is 0 Å². The van der Waals surface area contributed by atoms with Gasteiger partial charge in [-0.3, -0.25) is 0 Å². The lowest BCUT2D eigenvalue weighted by atomic mass is 10.0. The fourth-order valence-corrected chi connectivity index (χ4v) is 2.53. The number of rotatable bonds is 5. The lowest BCUT2D eigenvalue weighted by Gasteiger charge is -2.26. The number of aliphatic hydroxyl groups excluding tert-OH is 1. The molecule has 1 aliphatic heterocycles. The van der Waals surface area contributed by atoms with E-state index >= 15 is 0 Å². The molecule has 0 amide bonds. The van der Waals surface area contributed by atoms with Crippen molar-refractivity contribution < 1.29 is 9.84 Å². The highest BCUT2D eigenvalue weighted by molar-refractivity contribution is 5.55. The van der Waals surface area contributed by atoms with Gasteiger partial charge in [-0.15, -0.1) is 0 Å². The van der Waals surface area contributed by atoms with Crippen LogP contribution in [0.5, 0.6) is 5.88 Å². The van der Waals surface area contributed by atoms with Crippen molar-refractivity contribution in [2.75, 3.05) is 30.4 Å². The van der Waals surface area contributed by atoms with Crippen molar-refractivity contribution in [2.45, 2.75) is 33.2 Å². The lowest BCUT2D eigenvalue weighted by Crippen LogP contribution is -2.35. The standard InChI is InChI=1S/C15H25N3O2/c1-10(2)9-20-15-12(16)4-5-14(17-15)18-7-6-11(3)13(18)8-19/h4-5,10-11,13,19H,6-9,16H2,1-3H3. The monoisotopic (exact) mass is 279 g/mol. The van der Waals surface area contributed by atoms with E-state index in [0.29, 0.717) is 30.0 Å². The van der Waals surface area contributed by atoms with E-state index in [2.05, 4.69) is 30.7 Å². The van der Waals surface area contributed by atoms with Crippen molar-refractivity contribution in [3.8, 4) is 5.88 Å². The number of aromatic nitrogens is 1. The Morgan fingerprint density at radius 2 is 2.25 bits per heavy atom. The van der Waals surface area contributed by atoms with E-state index < -0.39 is 0 Å². The number of ether oxygens (including phenoxy) is 1. The lowest BCUT2D eigenvalue weighted by molar-refractivity contribution is 0.243. The van der Waals surface area contributed by atoms with Crippen molar-refractivity contribution in [3.05, 3.63) is 12.1 Å². The summed E-state index contributed by atoms with van der Waals surface area (Å²) in [5, 5.41) is 9.54. The predicted octanol–water partition coefficient (Wildman–Crippen LogP) is 1.91. The first kappa shape index (κ1) is 14.9. The minimum atomic E-state index is 0.129. The Bertz CT molecular complexity index is 451. The summed E-state index contributed by atoms with van der Waals surface area (Å²) in [7, 11) is 0. The van der Waals surface area contributed by atoms with Gasteiger partial charge in [0.25, 0.3) is 0 Å². The Hall–Kier alpha value is -1.49. The van der Waals surface area contributed by atoms with Gasteiger partial charge in [-0.05, 0) is 30.4 Å². The SMILES string of the molecule is CC(C)COc1nc(N2CCC(C)C2CO)ccc1N. The molecule has 0 aliphatic carbocycles. The van der Waals surface area contributed by atoms with Crippen LogP contribution in [0.25, 0.3) is 0 Å². The van der Waals surface area contributed by atoms with Gasteiger partial charge < -0.3 is 20.5 Å². The van der Waals surface area contributed by atoms with E-state index in [4.69, 9.17) is 10.5 Å². The summed E-state index contributed by atoms with van der Waals surface area (Å²) >= 11 is 0. The molecule has 1 fully saturated rings. The summed E-state index contributed by atoms with van der Waals surface area (Å²) in [6.07, 6.45) is 1.07. The van der Waals surface area contributed by atoms with E-state index in [1.807, 2.05) is 12.1 Å². The Balaban J connectivity index is 2.18. The predicted molar refractivity (Wildman–Crippen MR) is 81.0 cm³/mol. The molecule has 112 valence electrons. The van der Waals surface area contributed by atoms with Crippen LogP contribution in [0, 0.1) is 11.8 Å². The number of nitrogens with zero attached hydrogens (tertiary/aromatic N) is 2. The first-order chi connectivity index (χ1) is 9.52. The van der Waals surface area contributed by atoms with Crippen molar-refractivity contribution in [1.29, 1.82) is 0 Å². The maximum absolute atomic E-state index is 9.54. The summed E-state index contributed by atoms with van der Waals surface area (Å²) in [5.41, 5.74) is 6.47. The van der Waals surface area contributed by atoms with E-state index in [0.717, 1.165) is 18.8 Å². The minimum Gasteiger partial charge on any atom is -0.476 e. The number of hydrogen-bond donors (Lipinski definition) is 2. The second kappa shape index (κ2) is 6.31. The summed E-state index contributed by atoms with van der Waals surface area (Å²) in [4.78, 5) is 6.67. The molecule has 1 aliphatic rings. The third-order valence-electron chi connectivity index (χ3n) is 3.79. The van der Waals surface area contributed by atoms with Crippen LogP contribution in [0.15, 0.2) is 12.1 Å². The van der Waals surface area contributed by atoms with Crippen LogP contribution < -0.4 is 15.4 Å². The topological polar surface area (TPSA) is 71.6 Å². The number of nitrogens with two attached hydrogens (primary N) is 1. The Morgan fingerprint density at radius 3 is 2.90 bits per heavy atom. The number of pyridine rings is 1. The zero-order valence-electron chi connectivity index (χ0n) is 12.5.